The van der Waals surface area contributed by atoms with Gasteiger partial charge in [0.1, 0.15) is 18.5 Å². The Balaban J connectivity index is 1.57. The molecule has 9 heteroatoms. The monoisotopic (exact) mass is 415 g/mol. The first-order valence-corrected chi connectivity index (χ1v) is 9.67. The first-order valence-electron chi connectivity index (χ1n) is 9.29. The van der Waals surface area contributed by atoms with Crippen molar-refractivity contribution in [3.05, 3.63) is 53.4 Å². The Morgan fingerprint density at radius 2 is 2.00 bits per heavy atom. The molecule has 4 rings (SSSR count). The number of methoxy groups -OCH3 is 2. The second-order valence-corrected chi connectivity index (χ2v) is 7.06. The van der Waals surface area contributed by atoms with Crippen LogP contribution < -0.4 is 14.4 Å². The van der Waals surface area contributed by atoms with Gasteiger partial charge in [-0.1, -0.05) is 23.7 Å². The van der Waals surface area contributed by atoms with Crippen molar-refractivity contribution in [3.63, 3.8) is 0 Å². The molecule has 1 aliphatic rings. The Labute approximate surface area is 174 Å². The van der Waals surface area contributed by atoms with Gasteiger partial charge in [0, 0.05) is 26.1 Å². The van der Waals surface area contributed by atoms with E-state index >= 15 is 0 Å². The van der Waals surface area contributed by atoms with Crippen LogP contribution in [0.2, 0.25) is 5.02 Å². The van der Waals surface area contributed by atoms with E-state index in [9.17, 15) is 0 Å². The van der Waals surface area contributed by atoms with Crippen molar-refractivity contribution in [2.45, 2.75) is 19.1 Å². The summed E-state index contributed by atoms with van der Waals surface area (Å²) in [5.41, 5.74) is 0.841. The molecule has 1 aromatic carbocycles. The summed E-state index contributed by atoms with van der Waals surface area (Å²) < 4.78 is 18.5. The number of halogens is 1. The number of ether oxygens (including phenoxy) is 3. The predicted octanol–water partition coefficient (Wildman–Crippen LogP) is 3.13. The maximum atomic E-state index is 6.23. The van der Waals surface area contributed by atoms with Crippen molar-refractivity contribution in [2.24, 2.45) is 0 Å². The first kappa shape index (κ1) is 19.5. The number of benzene rings is 1. The van der Waals surface area contributed by atoms with Crippen LogP contribution in [0.15, 0.2) is 42.6 Å². The summed E-state index contributed by atoms with van der Waals surface area (Å²) in [4.78, 5) is 6.46. The molecular weight excluding hydrogens is 394 g/mol. The number of anilines is 1. The molecule has 0 aliphatic carbocycles. The zero-order valence-electron chi connectivity index (χ0n) is 16.3. The molecule has 0 amide bonds. The van der Waals surface area contributed by atoms with Crippen LogP contribution in [0.25, 0.3) is 5.69 Å². The van der Waals surface area contributed by atoms with Gasteiger partial charge >= 0.3 is 0 Å². The van der Waals surface area contributed by atoms with E-state index in [-0.39, 0.29) is 6.10 Å². The second kappa shape index (κ2) is 8.67. The normalized spacial score (nSPS) is 16.2. The minimum Gasteiger partial charge on any atom is -0.487 e. The molecule has 3 aromatic rings. The van der Waals surface area contributed by atoms with E-state index in [1.807, 2.05) is 41.0 Å². The third-order valence-electron chi connectivity index (χ3n) is 4.73. The van der Waals surface area contributed by atoms with Crippen LogP contribution in [0.1, 0.15) is 12.2 Å². The summed E-state index contributed by atoms with van der Waals surface area (Å²) in [5, 5.41) is 9.34. The fourth-order valence-electron chi connectivity index (χ4n) is 3.35. The summed E-state index contributed by atoms with van der Waals surface area (Å²) in [7, 11) is 3.22. The molecule has 1 aliphatic heterocycles. The molecule has 152 valence electrons. The third-order valence-corrected chi connectivity index (χ3v) is 5.04. The minimum atomic E-state index is 0.0138. The number of hydrogen-bond donors (Lipinski definition) is 0. The lowest BCUT2D eigenvalue weighted by molar-refractivity contribution is 0.176. The smallest absolute Gasteiger partial charge is 0.232 e. The maximum Gasteiger partial charge on any atom is 0.232 e. The molecule has 0 saturated carbocycles. The van der Waals surface area contributed by atoms with Crippen molar-refractivity contribution in [2.75, 3.05) is 32.2 Å². The van der Waals surface area contributed by atoms with Crippen LogP contribution in [0.4, 0.5) is 5.95 Å². The molecule has 0 N–H and O–H groups in total. The summed E-state index contributed by atoms with van der Waals surface area (Å²) >= 11 is 6.23. The maximum absolute atomic E-state index is 6.23. The van der Waals surface area contributed by atoms with Gasteiger partial charge < -0.3 is 19.1 Å². The third kappa shape index (κ3) is 4.13. The molecule has 3 heterocycles. The molecular formula is C20H22ClN5O3. The Kier molecular flexibility index (Phi) is 5.82. The molecule has 1 atom stereocenters. The lowest BCUT2D eigenvalue weighted by Crippen LogP contribution is -2.27. The number of aromatic nitrogens is 4. The highest BCUT2D eigenvalue weighted by atomic mass is 35.5. The zero-order chi connectivity index (χ0) is 20.2. The van der Waals surface area contributed by atoms with Crippen molar-refractivity contribution >= 4 is 17.5 Å². The van der Waals surface area contributed by atoms with E-state index in [1.54, 1.807) is 20.4 Å². The highest BCUT2D eigenvalue weighted by molar-refractivity contribution is 6.32. The fraction of sp³-hybridized carbons (Fsp3) is 0.350. The van der Waals surface area contributed by atoms with Gasteiger partial charge in [0.25, 0.3) is 0 Å². The topological polar surface area (TPSA) is 74.5 Å². The van der Waals surface area contributed by atoms with Gasteiger partial charge in [0.15, 0.2) is 5.82 Å². The zero-order valence-corrected chi connectivity index (χ0v) is 17.0. The van der Waals surface area contributed by atoms with Crippen molar-refractivity contribution in [1.82, 2.24) is 19.7 Å². The Morgan fingerprint density at radius 1 is 1.14 bits per heavy atom. The molecule has 29 heavy (non-hydrogen) atoms. The molecule has 1 unspecified atom stereocenters. The van der Waals surface area contributed by atoms with Crippen LogP contribution in [-0.4, -0.2) is 53.2 Å². The lowest BCUT2D eigenvalue weighted by atomic mass is 10.3. The van der Waals surface area contributed by atoms with Gasteiger partial charge in [-0.3, -0.25) is 4.57 Å². The van der Waals surface area contributed by atoms with E-state index in [2.05, 4.69) is 20.1 Å². The molecule has 0 spiro atoms. The van der Waals surface area contributed by atoms with Crippen molar-refractivity contribution in [3.8, 4) is 17.3 Å². The summed E-state index contributed by atoms with van der Waals surface area (Å²) in [6.45, 7) is 1.82. The molecule has 0 bridgehead atoms. The van der Waals surface area contributed by atoms with Crippen LogP contribution in [0, 0.1) is 0 Å². The van der Waals surface area contributed by atoms with Crippen LogP contribution in [-0.2, 0) is 11.3 Å². The fourth-order valence-corrected chi connectivity index (χ4v) is 3.53. The van der Waals surface area contributed by atoms with Gasteiger partial charge in [-0.05, 0) is 18.2 Å². The molecule has 1 saturated heterocycles. The number of rotatable bonds is 7. The van der Waals surface area contributed by atoms with E-state index < -0.39 is 0 Å². The number of pyridine rings is 1. The number of nitrogens with zero attached hydrogens (tertiary/aromatic N) is 5. The number of hydrogen-bond acceptors (Lipinski definition) is 7. The average molecular weight is 416 g/mol. The van der Waals surface area contributed by atoms with Gasteiger partial charge in [0.2, 0.25) is 11.8 Å². The van der Waals surface area contributed by atoms with Gasteiger partial charge in [0.05, 0.1) is 30.6 Å². The quantitative estimate of drug-likeness (QED) is 0.586. The van der Waals surface area contributed by atoms with E-state index in [0.29, 0.717) is 35.6 Å². The van der Waals surface area contributed by atoms with Crippen LogP contribution >= 0.6 is 11.6 Å². The number of para-hydroxylation sites is 1. The van der Waals surface area contributed by atoms with E-state index in [0.717, 1.165) is 24.6 Å². The average Bonchev–Trinajstić information content (AvgIpc) is 3.37. The SMILES string of the molecule is COCc1nnc(N2CCC(Oc3ccccc3Cl)C2)n1-c1ccc(OC)nc1. The largest absolute Gasteiger partial charge is 0.487 e. The summed E-state index contributed by atoms with van der Waals surface area (Å²) in [6.07, 6.45) is 2.61. The highest BCUT2D eigenvalue weighted by Crippen LogP contribution is 2.29. The Bertz CT molecular complexity index is 963. The highest BCUT2D eigenvalue weighted by Gasteiger charge is 2.29. The standard InChI is InChI=1S/C20H22ClN5O3/c1-27-13-18-23-24-20(26(18)14-7-8-19(28-2)22-11-14)25-10-9-15(12-25)29-17-6-4-3-5-16(17)21/h3-8,11,15H,9-10,12-13H2,1-2H3. The predicted molar refractivity (Wildman–Crippen MR) is 109 cm³/mol. The Hall–Kier alpha value is -2.84. The molecule has 0 radical (unpaired) electrons. The Morgan fingerprint density at radius 3 is 2.72 bits per heavy atom. The van der Waals surface area contributed by atoms with Gasteiger partial charge in [-0.2, -0.15) is 0 Å². The van der Waals surface area contributed by atoms with Gasteiger partial charge in [-0.15, -0.1) is 10.2 Å². The first-order chi connectivity index (χ1) is 14.2. The minimum absolute atomic E-state index is 0.0138. The summed E-state index contributed by atoms with van der Waals surface area (Å²) in [6, 6.07) is 11.2. The molecule has 8 nitrogen and oxygen atoms in total. The molecule has 2 aromatic heterocycles. The van der Waals surface area contributed by atoms with Crippen LogP contribution in [0.3, 0.4) is 0 Å². The van der Waals surface area contributed by atoms with Crippen LogP contribution in [0.5, 0.6) is 11.6 Å². The van der Waals surface area contributed by atoms with E-state index in [4.69, 9.17) is 25.8 Å². The van der Waals surface area contributed by atoms with E-state index in [1.165, 1.54) is 0 Å². The lowest BCUT2D eigenvalue weighted by Gasteiger charge is -2.20. The molecule has 1 fully saturated rings. The summed E-state index contributed by atoms with van der Waals surface area (Å²) in [5.74, 6) is 2.67. The van der Waals surface area contributed by atoms with Gasteiger partial charge in [-0.25, -0.2) is 4.98 Å². The van der Waals surface area contributed by atoms with Crippen molar-refractivity contribution < 1.29 is 14.2 Å². The second-order valence-electron chi connectivity index (χ2n) is 6.65. The van der Waals surface area contributed by atoms with Crippen molar-refractivity contribution in [1.29, 1.82) is 0 Å².